The molecular formula is C16H16N2O. The van der Waals surface area contributed by atoms with Gasteiger partial charge < -0.3 is 4.98 Å². The Bertz CT molecular complexity index is 678. The maximum absolute atomic E-state index is 12.4. The lowest BCUT2D eigenvalue weighted by molar-refractivity contribution is 0.0937. The molecule has 3 rings (SSSR count). The molecule has 1 aliphatic carbocycles. The molecule has 0 radical (unpaired) electrons. The zero-order valence-corrected chi connectivity index (χ0v) is 10.9. The molecule has 1 heterocycles. The molecule has 0 saturated carbocycles. The van der Waals surface area contributed by atoms with Crippen molar-refractivity contribution in [1.82, 2.24) is 4.98 Å². The van der Waals surface area contributed by atoms with Crippen LogP contribution in [0.2, 0.25) is 0 Å². The fourth-order valence-electron chi connectivity index (χ4n) is 3.16. The quantitative estimate of drug-likeness (QED) is 0.889. The van der Waals surface area contributed by atoms with E-state index in [1.165, 1.54) is 0 Å². The predicted molar refractivity (Wildman–Crippen MR) is 73.8 cm³/mol. The van der Waals surface area contributed by atoms with Crippen molar-refractivity contribution in [2.45, 2.75) is 26.2 Å². The highest BCUT2D eigenvalue weighted by Crippen LogP contribution is 2.35. The summed E-state index contributed by atoms with van der Waals surface area (Å²) in [6.45, 7) is 2.01. The van der Waals surface area contributed by atoms with Crippen LogP contribution in [0.1, 0.15) is 35.8 Å². The third-order valence-corrected chi connectivity index (χ3v) is 4.15. The average molecular weight is 252 g/mol. The average Bonchev–Trinajstić information content (AvgIpc) is 2.78. The molecule has 2 unspecified atom stereocenters. The van der Waals surface area contributed by atoms with Crippen LogP contribution in [-0.4, -0.2) is 10.8 Å². The summed E-state index contributed by atoms with van der Waals surface area (Å²) in [4.78, 5) is 15.7. The van der Waals surface area contributed by atoms with Crippen molar-refractivity contribution in [3.05, 3.63) is 35.5 Å². The number of aromatic amines is 1. The first-order valence-electron chi connectivity index (χ1n) is 6.77. The van der Waals surface area contributed by atoms with E-state index in [-0.39, 0.29) is 17.6 Å². The summed E-state index contributed by atoms with van der Waals surface area (Å²) < 4.78 is 0. The lowest BCUT2D eigenvalue weighted by atomic mass is 9.78. The second-order valence-corrected chi connectivity index (χ2v) is 5.26. The molecule has 0 saturated heterocycles. The highest BCUT2D eigenvalue weighted by atomic mass is 16.1. The van der Waals surface area contributed by atoms with Gasteiger partial charge in [-0.2, -0.15) is 5.26 Å². The fourth-order valence-corrected chi connectivity index (χ4v) is 3.16. The Morgan fingerprint density at radius 2 is 2.21 bits per heavy atom. The lowest BCUT2D eigenvalue weighted by Gasteiger charge is -2.24. The van der Waals surface area contributed by atoms with Gasteiger partial charge in [-0.1, -0.05) is 25.1 Å². The minimum absolute atomic E-state index is 0.0245. The van der Waals surface area contributed by atoms with Gasteiger partial charge in [0.1, 0.15) is 0 Å². The Balaban J connectivity index is 2.06. The van der Waals surface area contributed by atoms with E-state index >= 15 is 0 Å². The number of nitrogens with one attached hydrogen (secondary N) is 1. The van der Waals surface area contributed by atoms with Crippen molar-refractivity contribution >= 4 is 16.7 Å². The monoisotopic (exact) mass is 252 g/mol. The normalized spacial score (nSPS) is 20.0. The van der Waals surface area contributed by atoms with Crippen LogP contribution >= 0.6 is 0 Å². The molecule has 1 aliphatic rings. The van der Waals surface area contributed by atoms with E-state index in [0.29, 0.717) is 6.42 Å². The van der Waals surface area contributed by atoms with Crippen molar-refractivity contribution in [3.63, 3.8) is 0 Å². The summed E-state index contributed by atoms with van der Waals surface area (Å²) in [5, 5.41) is 10.2. The van der Waals surface area contributed by atoms with Gasteiger partial charge in [0.2, 0.25) is 0 Å². The summed E-state index contributed by atoms with van der Waals surface area (Å²) in [6, 6.07) is 10.3. The minimum atomic E-state index is -0.0245. The first-order valence-corrected chi connectivity index (χ1v) is 6.77. The molecule has 3 heteroatoms. The fraction of sp³-hybridized carbons (Fsp3) is 0.375. The number of hydrogen-bond acceptors (Lipinski definition) is 2. The molecule has 0 aliphatic heterocycles. The summed E-state index contributed by atoms with van der Waals surface area (Å²) in [5.41, 5.74) is 2.88. The Kier molecular flexibility index (Phi) is 2.87. The molecule has 2 aromatic rings. The Morgan fingerprint density at radius 3 is 2.95 bits per heavy atom. The van der Waals surface area contributed by atoms with E-state index in [4.69, 9.17) is 0 Å². The van der Waals surface area contributed by atoms with Crippen LogP contribution in [0.3, 0.4) is 0 Å². The van der Waals surface area contributed by atoms with Gasteiger partial charge in [0.05, 0.1) is 6.07 Å². The van der Waals surface area contributed by atoms with Gasteiger partial charge >= 0.3 is 0 Å². The van der Waals surface area contributed by atoms with Gasteiger partial charge in [-0.05, 0) is 24.8 Å². The molecule has 2 atom stereocenters. The molecule has 0 amide bonds. The second kappa shape index (κ2) is 4.55. The molecule has 3 nitrogen and oxygen atoms in total. The maximum atomic E-state index is 12.4. The van der Waals surface area contributed by atoms with Crippen molar-refractivity contribution < 1.29 is 4.79 Å². The largest absolute Gasteiger partial charge is 0.358 e. The van der Waals surface area contributed by atoms with Gasteiger partial charge in [0, 0.05) is 34.5 Å². The van der Waals surface area contributed by atoms with Crippen LogP contribution in [0.5, 0.6) is 0 Å². The molecule has 1 N–H and O–H groups in total. The SMILES string of the molecule is CCC(C#N)C1CC(=O)c2c([nH]c3ccccc23)C1. The number of nitrogens with zero attached hydrogens (tertiary/aromatic N) is 1. The molecule has 96 valence electrons. The number of hydrogen-bond donors (Lipinski definition) is 1. The van der Waals surface area contributed by atoms with Crippen molar-refractivity contribution in [1.29, 1.82) is 5.26 Å². The van der Waals surface area contributed by atoms with Crippen LogP contribution in [-0.2, 0) is 6.42 Å². The summed E-state index contributed by atoms with van der Waals surface area (Å²) in [7, 11) is 0. The van der Waals surface area contributed by atoms with E-state index < -0.39 is 0 Å². The molecule has 0 bridgehead atoms. The third kappa shape index (κ3) is 1.84. The van der Waals surface area contributed by atoms with Crippen LogP contribution in [0, 0.1) is 23.2 Å². The third-order valence-electron chi connectivity index (χ3n) is 4.15. The second-order valence-electron chi connectivity index (χ2n) is 5.26. The zero-order valence-electron chi connectivity index (χ0n) is 10.9. The number of ketones is 1. The summed E-state index contributed by atoms with van der Waals surface area (Å²) in [5.74, 6) is 0.309. The van der Waals surface area contributed by atoms with Crippen molar-refractivity contribution in [2.24, 2.45) is 11.8 Å². The van der Waals surface area contributed by atoms with Gasteiger partial charge in [-0.25, -0.2) is 0 Å². The Labute approximate surface area is 112 Å². The molecule has 1 aromatic heterocycles. The lowest BCUT2D eigenvalue weighted by Crippen LogP contribution is -2.25. The number of rotatable bonds is 2. The number of fused-ring (bicyclic) bond motifs is 3. The van der Waals surface area contributed by atoms with E-state index in [2.05, 4.69) is 11.1 Å². The Hall–Kier alpha value is -2.08. The summed E-state index contributed by atoms with van der Waals surface area (Å²) in [6.07, 6.45) is 2.12. The van der Waals surface area contributed by atoms with Crippen LogP contribution in [0.15, 0.2) is 24.3 Å². The molecule has 0 spiro atoms. The first kappa shape index (κ1) is 12.0. The Morgan fingerprint density at radius 1 is 1.42 bits per heavy atom. The van der Waals surface area contributed by atoms with Crippen molar-refractivity contribution in [3.8, 4) is 6.07 Å². The highest BCUT2D eigenvalue weighted by Gasteiger charge is 2.32. The van der Waals surface area contributed by atoms with Crippen LogP contribution in [0.25, 0.3) is 10.9 Å². The molecular weight excluding hydrogens is 236 g/mol. The van der Waals surface area contributed by atoms with Gasteiger partial charge in [0.15, 0.2) is 5.78 Å². The standard InChI is InChI=1S/C16H16N2O/c1-2-10(9-17)11-7-14-16(15(19)8-11)12-5-3-4-6-13(12)18-14/h3-6,10-11,18H,2,7-8H2,1H3. The number of H-pyrrole nitrogens is 1. The van der Waals surface area contributed by atoms with Crippen molar-refractivity contribution in [2.75, 3.05) is 0 Å². The van der Waals surface area contributed by atoms with Gasteiger partial charge in [-0.15, -0.1) is 0 Å². The number of carbonyl (C=O) groups is 1. The summed E-state index contributed by atoms with van der Waals surface area (Å²) >= 11 is 0. The molecule has 1 aromatic carbocycles. The molecule has 0 fully saturated rings. The highest BCUT2D eigenvalue weighted by molar-refractivity contribution is 6.10. The number of benzene rings is 1. The first-order chi connectivity index (χ1) is 9.24. The van der Waals surface area contributed by atoms with E-state index in [1.54, 1.807) is 0 Å². The van der Waals surface area contributed by atoms with E-state index in [1.807, 2.05) is 31.2 Å². The maximum Gasteiger partial charge on any atom is 0.165 e. The topological polar surface area (TPSA) is 56.6 Å². The van der Waals surface area contributed by atoms with Gasteiger partial charge in [-0.3, -0.25) is 4.79 Å². The van der Waals surface area contributed by atoms with Gasteiger partial charge in [0.25, 0.3) is 0 Å². The smallest absolute Gasteiger partial charge is 0.165 e. The number of Topliss-reactive ketones (excluding diaryl/α,β-unsaturated/α-hetero) is 1. The number of para-hydroxylation sites is 1. The van der Waals surface area contributed by atoms with Crippen LogP contribution < -0.4 is 0 Å². The number of carbonyl (C=O) groups excluding carboxylic acids is 1. The molecule has 19 heavy (non-hydrogen) atoms. The van der Waals surface area contributed by atoms with E-state index in [0.717, 1.165) is 35.0 Å². The zero-order chi connectivity index (χ0) is 13.4. The number of nitriles is 1. The number of aromatic nitrogens is 1. The van der Waals surface area contributed by atoms with Crippen LogP contribution in [0.4, 0.5) is 0 Å². The van der Waals surface area contributed by atoms with E-state index in [9.17, 15) is 10.1 Å². The predicted octanol–water partition coefficient (Wildman–Crippen LogP) is 3.46. The minimum Gasteiger partial charge on any atom is -0.358 e.